The van der Waals surface area contributed by atoms with Gasteiger partial charge in [0.05, 0.1) is 5.75 Å². The van der Waals surface area contributed by atoms with Crippen LogP contribution in [0.2, 0.25) is 0 Å². The normalized spacial score (nSPS) is 9.00. The number of aliphatic hydroxyl groups excluding tert-OH is 1. The third kappa shape index (κ3) is 5.32. The molecule has 0 heterocycles. The lowest BCUT2D eigenvalue weighted by atomic mass is 10.8. The molecule has 0 atom stereocenters. The summed E-state index contributed by atoms with van der Waals surface area (Å²) in [4.78, 5) is 19.9. The van der Waals surface area contributed by atoms with E-state index in [1.165, 1.54) is 0 Å². The second kappa shape index (κ2) is 4.34. The number of carboxylic acids is 1. The number of aliphatic hydroxyl groups is 1. The van der Waals surface area contributed by atoms with Gasteiger partial charge in [0.15, 0.2) is 0 Å². The van der Waals surface area contributed by atoms with Gasteiger partial charge >= 0.3 is 5.97 Å². The van der Waals surface area contributed by atoms with E-state index >= 15 is 0 Å². The van der Waals surface area contributed by atoms with Crippen molar-refractivity contribution in [3.8, 4) is 0 Å². The molecule has 0 aromatic carbocycles. The molecule has 0 rings (SSSR count). The zero-order valence-corrected chi connectivity index (χ0v) is 5.35. The van der Waals surface area contributed by atoms with Crippen molar-refractivity contribution >= 4 is 22.8 Å². The van der Waals surface area contributed by atoms with E-state index in [1.54, 1.807) is 0 Å². The zero-order chi connectivity index (χ0) is 7.28. The maximum atomic E-state index is 10.2. The van der Waals surface area contributed by atoms with Crippen LogP contribution in [0.25, 0.3) is 0 Å². The Morgan fingerprint density at radius 1 is 1.44 bits per heavy atom. The summed E-state index contributed by atoms with van der Waals surface area (Å²) < 4.78 is 0. The maximum Gasteiger partial charge on any atom is 0.313 e. The van der Waals surface area contributed by atoms with E-state index in [2.05, 4.69) is 0 Å². The average molecular weight is 150 g/mol. The number of carboxylic acid groups (broad SMARTS) is 1. The van der Waals surface area contributed by atoms with Crippen LogP contribution < -0.4 is 0 Å². The first-order valence-electron chi connectivity index (χ1n) is 2.15. The number of rotatable bonds is 3. The highest BCUT2D eigenvalue weighted by molar-refractivity contribution is 8.14. The zero-order valence-electron chi connectivity index (χ0n) is 4.53. The molecule has 9 heavy (non-hydrogen) atoms. The first-order valence-corrected chi connectivity index (χ1v) is 3.13. The molecule has 0 aliphatic rings. The Balaban J connectivity index is 3.28. The van der Waals surface area contributed by atoms with E-state index in [0.717, 1.165) is 0 Å². The number of thioether (sulfide) groups is 1. The Morgan fingerprint density at radius 3 is 2.33 bits per heavy atom. The molecule has 0 unspecified atom stereocenters. The van der Waals surface area contributed by atoms with E-state index in [1.807, 2.05) is 0 Å². The first-order chi connectivity index (χ1) is 4.16. The fraction of sp³-hybridized carbons (Fsp3) is 0.500. The molecule has 0 aromatic heterocycles. The Bertz CT molecular complexity index is 122. The van der Waals surface area contributed by atoms with E-state index < -0.39 is 17.7 Å². The van der Waals surface area contributed by atoms with Crippen LogP contribution in [0.15, 0.2) is 0 Å². The van der Waals surface area contributed by atoms with Crippen LogP contribution in [-0.4, -0.2) is 33.7 Å². The molecule has 0 fully saturated rings. The minimum Gasteiger partial charge on any atom is -0.481 e. The summed E-state index contributed by atoms with van der Waals surface area (Å²) in [7, 11) is 0. The highest BCUT2D eigenvalue weighted by atomic mass is 32.2. The number of carbonyl (C=O) groups is 2. The molecule has 0 spiro atoms. The predicted octanol–water partition coefficient (Wildman–Crippen LogP) is -0.677. The topological polar surface area (TPSA) is 74.6 Å². The smallest absolute Gasteiger partial charge is 0.313 e. The molecular weight excluding hydrogens is 144 g/mol. The third-order valence-corrected chi connectivity index (χ3v) is 1.33. The molecule has 0 saturated heterocycles. The van der Waals surface area contributed by atoms with Crippen LogP contribution in [0.4, 0.5) is 0 Å². The number of aliphatic carboxylic acids is 1. The molecule has 0 aromatic rings. The molecule has 0 bridgehead atoms. The van der Waals surface area contributed by atoms with Crippen LogP contribution >= 0.6 is 11.8 Å². The van der Waals surface area contributed by atoms with Crippen molar-refractivity contribution in [1.82, 2.24) is 0 Å². The summed E-state index contributed by atoms with van der Waals surface area (Å²) in [5, 5.41) is 15.6. The number of hydrogen-bond acceptors (Lipinski definition) is 4. The summed E-state index contributed by atoms with van der Waals surface area (Å²) in [6.07, 6.45) is 0. The lowest BCUT2D eigenvalue weighted by molar-refractivity contribution is -0.134. The van der Waals surface area contributed by atoms with Crippen molar-refractivity contribution < 1.29 is 19.8 Å². The van der Waals surface area contributed by atoms with Gasteiger partial charge in [0, 0.05) is 0 Å². The van der Waals surface area contributed by atoms with E-state index in [9.17, 15) is 9.59 Å². The summed E-state index contributed by atoms with van der Waals surface area (Å²) in [5.74, 6) is -1.33. The van der Waals surface area contributed by atoms with Gasteiger partial charge in [-0.25, -0.2) is 0 Å². The Hall–Kier alpha value is -0.550. The molecule has 52 valence electrons. The molecule has 0 aliphatic carbocycles. The van der Waals surface area contributed by atoms with Crippen LogP contribution in [0.1, 0.15) is 0 Å². The maximum absolute atomic E-state index is 10.2. The molecule has 4 nitrogen and oxygen atoms in total. The van der Waals surface area contributed by atoms with Gasteiger partial charge < -0.3 is 10.2 Å². The van der Waals surface area contributed by atoms with E-state index in [4.69, 9.17) is 10.2 Å². The first kappa shape index (κ1) is 8.45. The summed E-state index contributed by atoms with van der Waals surface area (Å²) in [6.45, 7) is -0.599. The van der Waals surface area contributed by atoms with Gasteiger partial charge in [-0.1, -0.05) is 11.8 Å². The van der Waals surface area contributed by atoms with E-state index in [0.29, 0.717) is 11.8 Å². The largest absolute Gasteiger partial charge is 0.481 e. The molecule has 5 heteroatoms. The third-order valence-electron chi connectivity index (χ3n) is 0.486. The van der Waals surface area contributed by atoms with Crippen molar-refractivity contribution in [3.63, 3.8) is 0 Å². The fourth-order valence-corrected chi connectivity index (χ4v) is 0.564. The van der Waals surface area contributed by atoms with E-state index in [-0.39, 0.29) is 5.75 Å². The van der Waals surface area contributed by atoms with Crippen molar-refractivity contribution in [2.75, 3.05) is 12.4 Å². The monoisotopic (exact) mass is 150 g/mol. The summed E-state index contributed by atoms with van der Waals surface area (Å²) in [6, 6.07) is 0. The van der Waals surface area contributed by atoms with Crippen LogP contribution in [0.3, 0.4) is 0 Å². The van der Waals surface area contributed by atoms with Gasteiger partial charge in [-0.15, -0.1) is 0 Å². The fourth-order valence-electron chi connectivity index (χ4n) is 0.188. The molecule has 0 aliphatic heterocycles. The second-order valence-electron chi connectivity index (χ2n) is 1.21. The Morgan fingerprint density at radius 2 is 2.00 bits per heavy atom. The molecule has 0 radical (unpaired) electrons. The quantitative estimate of drug-likeness (QED) is 0.557. The lowest BCUT2D eigenvalue weighted by Gasteiger charge is -1.89. The van der Waals surface area contributed by atoms with Crippen LogP contribution in [0, 0.1) is 0 Å². The van der Waals surface area contributed by atoms with Crippen molar-refractivity contribution in [2.45, 2.75) is 0 Å². The number of carbonyl (C=O) groups excluding carboxylic acids is 1. The minimum atomic E-state index is -1.05. The SMILES string of the molecule is O=C(O)CSC(=O)CO. The highest BCUT2D eigenvalue weighted by Crippen LogP contribution is 1.98. The second-order valence-corrected chi connectivity index (χ2v) is 2.25. The summed E-state index contributed by atoms with van der Waals surface area (Å²) in [5.41, 5.74) is 0. The molecular formula is C4H6O4S. The highest BCUT2D eigenvalue weighted by Gasteiger charge is 2.02. The van der Waals surface area contributed by atoms with Crippen LogP contribution in [-0.2, 0) is 9.59 Å². The molecule has 2 N–H and O–H groups in total. The van der Waals surface area contributed by atoms with Gasteiger partial charge in [-0.2, -0.15) is 0 Å². The van der Waals surface area contributed by atoms with Gasteiger partial charge in [-0.3, -0.25) is 9.59 Å². The van der Waals surface area contributed by atoms with Crippen LogP contribution in [0.5, 0.6) is 0 Å². The van der Waals surface area contributed by atoms with Crippen molar-refractivity contribution in [1.29, 1.82) is 0 Å². The van der Waals surface area contributed by atoms with Gasteiger partial charge in [0.1, 0.15) is 6.61 Å². The predicted molar refractivity (Wildman–Crippen MR) is 32.2 cm³/mol. The Labute approximate surface area is 55.9 Å². The van der Waals surface area contributed by atoms with Crippen molar-refractivity contribution in [3.05, 3.63) is 0 Å². The number of hydrogen-bond donors (Lipinski definition) is 2. The Kier molecular flexibility index (Phi) is 4.08. The summed E-state index contributed by atoms with van der Waals surface area (Å²) >= 11 is 0.596. The standard InChI is InChI=1S/C4H6O4S/c5-1-4(8)9-2-3(6)7/h5H,1-2H2,(H,6,7). The van der Waals surface area contributed by atoms with Gasteiger partial charge in [0.25, 0.3) is 0 Å². The van der Waals surface area contributed by atoms with Gasteiger partial charge in [0.2, 0.25) is 5.12 Å². The molecule has 0 saturated carbocycles. The van der Waals surface area contributed by atoms with Gasteiger partial charge in [-0.05, 0) is 0 Å². The van der Waals surface area contributed by atoms with Crippen molar-refractivity contribution in [2.24, 2.45) is 0 Å². The molecule has 0 amide bonds. The average Bonchev–Trinajstić information content (AvgIpc) is 1.83. The lowest BCUT2D eigenvalue weighted by Crippen LogP contribution is -2.04. The minimum absolute atomic E-state index is 0.278.